The molecule has 1 saturated carbocycles. The molecule has 0 radical (unpaired) electrons. The van der Waals surface area contributed by atoms with Gasteiger partial charge in [-0.1, -0.05) is 54.4 Å². The summed E-state index contributed by atoms with van der Waals surface area (Å²) in [7, 11) is 0. The Morgan fingerprint density at radius 3 is 2.31 bits per heavy atom. The second kappa shape index (κ2) is 5.56. The van der Waals surface area contributed by atoms with E-state index >= 15 is 0 Å². The van der Waals surface area contributed by atoms with Crippen molar-refractivity contribution in [3.8, 4) is 0 Å². The van der Waals surface area contributed by atoms with Crippen molar-refractivity contribution in [1.82, 2.24) is 0 Å². The van der Waals surface area contributed by atoms with E-state index in [-0.39, 0.29) is 0 Å². The first kappa shape index (κ1) is 14.1. The first-order valence-electron chi connectivity index (χ1n) is 7.38. The van der Waals surface area contributed by atoms with Crippen LogP contribution in [0.5, 0.6) is 0 Å². The highest BCUT2D eigenvalue weighted by atomic mass is 14.5. The van der Waals surface area contributed by atoms with Crippen LogP contribution in [0.4, 0.5) is 0 Å². The summed E-state index contributed by atoms with van der Waals surface area (Å²) in [6, 6.07) is 0. The Morgan fingerprint density at radius 2 is 1.81 bits per heavy atom. The summed E-state index contributed by atoms with van der Waals surface area (Å²) < 4.78 is 0. The van der Waals surface area contributed by atoms with Gasteiger partial charge in [0.25, 0.3) is 0 Å². The Hall–Kier alpha value is 0. The molecule has 96 valence electrons. The molecular weight excluding hydrogens is 192 g/mol. The topological polar surface area (TPSA) is 0 Å². The van der Waals surface area contributed by atoms with Crippen LogP contribution in [0.25, 0.3) is 0 Å². The van der Waals surface area contributed by atoms with Crippen molar-refractivity contribution in [3.05, 3.63) is 0 Å². The second-order valence-electron chi connectivity index (χ2n) is 7.11. The molecule has 16 heavy (non-hydrogen) atoms. The smallest absolute Gasteiger partial charge is 0.0272 e. The van der Waals surface area contributed by atoms with Crippen molar-refractivity contribution in [2.24, 2.45) is 29.1 Å². The highest BCUT2D eigenvalue weighted by Gasteiger charge is 2.44. The van der Waals surface area contributed by atoms with Gasteiger partial charge in [0.1, 0.15) is 0 Å². The van der Waals surface area contributed by atoms with Crippen molar-refractivity contribution >= 4 is 0 Å². The summed E-state index contributed by atoms with van der Waals surface area (Å²) in [5.41, 5.74) is 0.621. The Balaban J connectivity index is 2.53. The van der Waals surface area contributed by atoms with Gasteiger partial charge in [-0.2, -0.15) is 0 Å². The normalized spacial score (nSPS) is 35.2. The van der Waals surface area contributed by atoms with E-state index in [1.807, 2.05) is 0 Å². The molecule has 0 aromatic rings. The van der Waals surface area contributed by atoms with Gasteiger partial charge < -0.3 is 0 Å². The number of hydrogen-bond donors (Lipinski definition) is 0. The van der Waals surface area contributed by atoms with Crippen molar-refractivity contribution in [2.75, 3.05) is 0 Å². The third-order valence-electron chi connectivity index (χ3n) is 5.29. The third kappa shape index (κ3) is 3.02. The van der Waals surface area contributed by atoms with Crippen molar-refractivity contribution < 1.29 is 0 Å². The van der Waals surface area contributed by atoms with E-state index in [9.17, 15) is 0 Å². The fourth-order valence-electron chi connectivity index (χ4n) is 3.65. The standard InChI is InChI=1S/C16H32/c1-12(2)8-7-9-15-14(5)10-11-16(15,6)13(3)4/h12-15H,7-11H2,1-6H3. The second-order valence-corrected chi connectivity index (χ2v) is 7.11. The quantitative estimate of drug-likeness (QED) is 0.576. The van der Waals surface area contributed by atoms with E-state index in [0.29, 0.717) is 5.41 Å². The molecule has 1 aliphatic carbocycles. The molecule has 0 nitrogen and oxygen atoms in total. The summed E-state index contributed by atoms with van der Waals surface area (Å²) in [5.74, 6) is 3.66. The predicted octanol–water partition coefficient (Wildman–Crippen LogP) is 5.52. The maximum absolute atomic E-state index is 2.54. The van der Waals surface area contributed by atoms with E-state index in [1.54, 1.807) is 0 Å². The molecule has 0 aliphatic heterocycles. The third-order valence-corrected chi connectivity index (χ3v) is 5.29. The lowest BCUT2D eigenvalue weighted by atomic mass is 9.68. The monoisotopic (exact) mass is 224 g/mol. The summed E-state index contributed by atoms with van der Waals surface area (Å²) in [6.07, 6.45) is 7.24. The number of hydrogen-bond acceptors (Lipinski definition) is 0. The maximum Gasteiger partial charge on any atom is -0.0272 e. The highest BCUT2D eigenvalue weighted by Crippen LogP contribution is 2.53. The van der Waals surface area contributed by atoms with Crippen LogP contribution in [-0.4, -0.2) is 0 Å². The van der Waals surface area contributed by atoms with Gasteiger partial charge in [-0.25, -0.2) is 0 Å². The van der Waals surface area contributed by atoms with Crippen LogP contribution in [0, 0.1) is 29.1 Å². The van der Waals surface area contributed by atoms with E-state index in [1.165, 1.54) is 32.1 Å². The summed E-state index contributed by atoms with van der Waals surface area (Å²) in [5, 5.41) is 0. The minimum atomic E-state index is 0.621. The molecule has 0 bridgehead atoms. The van der Waals surface area contributed by atoms with Gasteiger partial charge >= 0.3 is 0 Å². The van der Waals surface area contributed by atoms with Crippen molar-refractivity contribution in [3.63, 3.8) is 0 Å². The molecule has 1 rings (SSSR count). The molecule has 0 amide bonds. The molecule has 1 fully saturated rings. The van der Waals surface area contributed by atoms with Crippen molar-refractivity contribution in [1.29, 1.82) is 0 Å². The molecule has 0 heteroatoms. The van der Waals surface area contributed by atoms with Crippen LogP contribution in [0.15, 0.2) is 0 Å². The van der Waals surface area contributed by atoms with Crippen LogP contribution in [0.1, 0.15) is 73.6 Å². The summed E-state index contributed by atoms with van der Waals surface area (Å²) in [6.45, 7) is 14.6. The van der Waals surface area contributed by atoms with Gasteiger partial charge in [0.05, 0.1) is 0 Å². The molecule has 0 spiro atoms. The molecule has 0 saturated heterocycles. The summed E-state index contributed by atoms with van der Waals surface area (Å²) in [4.78, 5) is 0. The molecule has 0 N–H and O–H groups in total. The average Bonchev–Trinajstić information content (AvgIpc) is 2.46. The van der Waals surface area contributed by atoms with Crippen LogP contribution in [0.3, 0.4) is 0 Å². The Labute approximate surface area is 103 Å². The van der Waals surface area contributed by atoms with E-state index in [2.05, 4.69) is 41.5 Å². The average molecular weight is 224 g/mol. The van der Waals surface area contributed by atoms with E-state index in [4.69, 9.17) is 0 Å². The van der Waals surface area contributed by atoms with Crippen LogP contribution in [0.2, 0.25) is 0 Å². The molecule has 0 aromatic carbocycles. The van der Waals surface area contributed by atoms with E-state index in [0.717, 1.165) is 23.7 Å². The minimum Gasteiger partial charge on any atom is -0.0628 e. The zero-order chi connectivity index (χ0) is 12.3. The van der Waals surface area contributed by atoms with Crippen LogP contribution < -0.4 is 0 Å². The molecular formula is C16H32. The Morgan fingerprint density at radius 1 is 1.19 bits per heavy atom. The van der Waals surface area contributed by atoms with Gasteiger partial charge in [0, 0.05) is 0 Å². The zero-order valence-electron chi connectivity index (χ0n) is 12.3. The SMILES string of the molecule is CC(C)CCCC1C(C)CCC1(C)C(C)C. The molecule has 3 atom stereocenters. The predicted molar refractivity (Wildman–Crippen MR) is 73.5 cm³/mol. The highest BCUT2D eigenvalue weighted by molar-refractivity contribution is 4.93. The first-order valence-corrected chi connectivity index (χ1v) is 7.38. The molecule has 3 unspecified atom stereocenters. The molecule has 0 heterocycles. The lowest BCUT2D eigenvalue weighted by molar-refractivity contribution is 0.117. The lowest BCUT2D eigenvalue weighted by Gasteiger charge is -2.37. The minimum absolute atomic E-state index is 0.621. The van der Waals surface area contributed by atoms with Crippen molar-refractivity contribution in [2.45, 2.75) is 73.6 Å². The Kier molecular flexibility index (Phi) is 4.88. The van der Waals surface area contributed by atoms with Crippen LogP contribution >= 0.6 is 0 Å². The molecule has 1 aliphatic rings. The van der Waals surface area contributed by atoms with Crippen LogP contribution in [-0.2, 0) is 0 Å². The maximum atomic E-state index is 2.54. The largest absolute Gasteiger partial charge is 0.0628 e. The van der Waals surface area contributed by atoms with Gasteiger partial charge in [-0.05, 0) is 48.3 Å². The number of rotatable bonds is 5. The fraction of sp³-hybridized carbons (Fsp3) is 1.00. The fourth-order valence-corrected chi connectivity index (χ4v) is 3.65. The summed E-state index contributed by atoms with van der Waals surface area (Å²) >= 11 is 0. The van der Waals surface area contributed by atoms with Gasteiger partial charge in [-0.3, -0.25) is 0 Å². The van der Waals surface area contributed by atoms with Gasteiger partial charge in [-0.15, -0.1) is 0 Å². The Bertz CT molecular complexity index is 204. The lowest BCUT2D eigenvalue weighted by Crippen LogP contribution is -2.30. The first-order chi connectivity index (χ1) is 7.38. The zero-order valence-corrected chi connectivity index (χ0v) is 12.3. The van der Waals surface area contributed by atoms with Gasteiger partial charge in [0.15, 0.2) is 0 Å². The molecule has 0 aromatic heterocycles. The van der Waals surface area contributed by atoms with Gasteiger partial charge in [0.2, 0.25) is 0 Å². The van der Waals surface area contributed by atoms with E-state index < -0.39 is 0 Å².